The summed E-state index contributed by atoms with van der Waals surface area (Å²) in [5.41, 5.74) is -0.356. The number of nitriles is 1. The van der Waals surface area contributed by atoms with Crippen LogP contribution in [0.25, 0.3) is 0 Å². The van der Waals surface area contributed by atoms with Gasteiger partial charge in [0.25, 0.3) is 0 Å². The second kappa shape index (κ2) is 7.65. The monoisotopic (exact) mass is 225 g/mol. The third-order valence-corrected chi connectivity index (χ3v) is 3.07. The first-order chi connectivity index (χ1) is 7.49. The Hall–Kier alpha value is -0.590. The van der Waals surface area contributed by atoms with Gasteiger partial charge in [0.1, 0.15) is 5.54 Å². The summed E-state index contributed by atoms with van der Waals surface area (Å²) < 4.78 is 0. The highest BCUT2D eigenvalue weighted by atomic mass is 15.1. The fourth-order valence-corrected chi connectivity index (χ4v) is 1.99. The molecular weight excluding hydrogens is 198 g/mol. The van der Waals surface area contributed by atoms with Crippen molar-refractivity contribution in [3.05, 3.63) is 0 Å². The summed E-state index contributed by atoms with van der Waals surface area (Å²) in [6, 6.07) is 2.97. The lowest BCUT2D eigenvalue weighted by Gasteiger charge is -2.27. The molecule has 0 fully saturated rings. The van der Waals surface area contributed by atoms with E-state index in [1.165, 1.54) is 0 Å². The minimum absolute atomic E-state index is 0.356. The van der Waals surface area contributed by atoms with Crippen molar-refractivity contribution < 1.29 is 0 Å². The van der Waals surface area contributed by atoms with E-state index in [4.69, 9.17) is 5.26 Å². The number of nitrogens with zero attached hydrogens (tertiary/aromatic N) is 2. The van der Waals surface area contributed by atoms with E-state index in [0.29, 0.717) is 6.04 Å². The highest BCUT2D eigenvalue weighted by molar-refractivity contribution is 5.03. The van der Waals surface area contributed by atoms with Crippen LogP contribution in [0, 0.1) is 11.3 Å². The van der Waals surface area contributed by atoms with Gasteiger partial charge in [0.2, 0.25) is 0 Å². The second-order valence-corrected chi connectivity index (χ2v) is 4.80. The van der Waals surface area contributed by atoms with Crippen molar-refractivity contribution in [2.24, 2.45) is 0 Å². The van der Waals surface area contributed by atoms with Crippen LogP contribution in [0.1, 0.15) is 47.5 Å². The minimum Gasteiger partial charge on any atom is -0.301 e. The highest BCUT2D eigenvalue weighted by Gasteiger charge is 2.21. The Morgan fingerprint density at radius 3 is 2.38 bits per heavy atom. The van der Waals surface area contributed by atoms with E-state index >= 15 is 0 Å². The van der Waals surface area contributed by atoms with Crippen molar-refractivity contribution in [3.63, 3.8) is 0 Å². The summed E-state index contributed by atoms with van der Waals surface area (Å²) in [6.07, 6.45) is 1.99. The largest absolute Gasteiger partial charge is 0.301 e. The van der Waals surface area contributed by atoms with Crippen LogP contribution < -0.4 is 5.32 Å². The van der Waals surface area contributed by atoms with Crippen LogP contribution in [-0.4, -0.2) is 36.1 Å². The van der Waals surface area contributed by atoms with Gasteiger partial charge in [0, 0.05) is 6.04 Å². The Balaban J connectivity index is 4.00. The van der Waals surface area contributed by atoms with Gasteiger partial charge < -0.3 is 4.90 Å². The third-order valence-electron chi connectivity index (χ3n) is 3.07. The topological polar surface area (TPSA) is 39.1 Å². The van der Waals surface area contributed by atoms with Gasteiger partial charge in [-0.15, -0.1) is 0 Å². The predicted octanol–water partition coefficient (Wildman–Crippen LogP) is 2.39. The van der Waals surface area contributed by atoms with Crippen LogP contribution in [0.2, 0.25) is 0 Å². The Labute approximate surface area is 101 Å². The Morgan fingerprint density at radius 2 is 2.00 bits per heavy atom. The maximum absolute atomic E-state index is 9.12. The summed E-state index contributed by atoms with van der Waals surface area (Å²) >= 11 is 0. The molecule has 0 radical (unpaired) electrons. The Kier molecular flexibility index (Phi) is 7.36. The van der Waals surface area contributed by atoms with E-state index in [1.54, 1.807) is 0 Å². The molecule has 0 aromatic carbocycles. The van der Waals surface area contributed by atoms with Crippen molar-refractivity contribution >= 4 is 0 Å². The maximum Gasteiger partial charge on any atom is 0.103 e. The molecule has 94 valence electrons. The predicted molar refractivity (Wildman–Crippen MR) is 69.3 cm³/mol. The zero-order chi connectivity index (χ0) is 12.6. The van der Waals surface area contributed by atoms with Crippen molar-refractivity contribution in [1.29, 1.82) is 5.26 Å². The number of nitrogens with one attached hydrogen (secondary N) is 1. The average molecular weight is 225 g/mol. The van der Waals surface area contributed by atoms with Crippen LogP contribution in [0.5, 0.6) is 0 Å². The van der Waals surface area contributed by atoms with Crippen molar-refractivity contribution in [3.8, 4) is 6.07 Å². The molecule has 1 N–H and O–H groups in total. The molecule has 0 heterocycles. The molecule has 0 saturated heterocycles. The van der Waals surface area contributed by atoms with Gasteiger partial charge in [-0.1, -0.05) is 13.8 Å². The van der Waals surface area contributed by atoms with E-state index in [-0.39, 0.29) is 5.54 Å². The molecular formula is C13H27N3. The van der Waals surface area contributed by atoms with Crippen molar-refractivity contribution in [2.75, 3.05) is 19.6 Å². The van der Waals surface area contributed by atoms with Crippen LogP contribution >= 0.6 is 0 Å². The van der Waals surface area contributed by atoms with Gasteiger partial charge >= 0.3 is 0 Å². The van der Waals surface area contributed by atoms with Gasteiger partial charge in [-0.05, 0) is 53.2 Å². The number of hydrogen-bond donors (Lipinski definition) is 1. The van der Waals surface area contributed by atoms with Crippen LogP contribution in [0.15, 0.2) is 0 Å². The number of rotatable bonds is 8. The van der Waals surface area contributed by atoms with E-state index in [9.17, 15) is 0 Å². The number of hydrogen-bond acceptors (Lipinski definition) is 3. The first-order valence-corrected chi connectivity index (χ1v) is 6.39. The average Bonchev–Trinajstić information content (AvgIpc) is 2.24. The molecule has 1 unspecified atom stereocenters. The summed E-state index contributed by atoms with van der Waals surface area (Å²) in [6.45, 7) is 13.7. The molecule has 0 aliphatic carbocycles. The lowest BCUT2D eigenvalue weighted by Crippen LogP contribution is -2.41. The molecule has 3 heteroatoms. The molecule has 0 saturated carbocycles. The molecule has 0 aliphatic heterocycles. The first kappa shape index (κ1) is 15.4. The van der Waals surface area contributed by atoms with Crippen molar-refractivity contribution in [2.45, 2.75) is 59.0 Å². The zero-order valence-corrected chi connectivity index (χ0v) is 11.5. The summed E-state index contributed by atoms with van der Waals surface area (Å²) in [5, 5.41) is 12.4. The van der Waals surface area contributed by atoms with Gasteiger partial charge in [-0.2, -0.15) is 5.26 Å². The van der Waals surface area contributed by atoms with E-state index in [0.717, 1.165) is 32.5 Å². The van der Waals surface area contributed by atoms with Crippen molar-refractivity contribution in [1.82, 2.24) is 10.2 Å². The van der Waals surface area contributed by atoms with Gasteiger partial charge in [-0.25, -0.2) is 0 Å². The molecule has 0 aromatic heterocycles. The van der Waals surface area contributed by atoms with Crippen LogP contribution in [0.4, 0.5) is 0 Å². The van der Waals surface area contributed by atoms with E-state index < -0.39 is 0 Å². The summed E-state index contributed by atoms with van der Waals surface area (Å²) in [4.78, 5) is 2.43. The first-order valence-electron chi connectivity index (χ1n) is 6.39. The summed E-state index contributed by atoms with van der Waals surface area (Å²) in [7, 11) is 0. The lowest BCUT2D eigenvalue weighted by molar-refractivity contribution is 0.222. The van der Waals surface area contributed by atoms with Gasteiger partial charge in [-0.3, -0.25) is 5.32 Å². The lowest BCUT2D eigenvalue weighted by atomic mass is 9.97. The van der Waals surface area contributed by atoms with Gasteiger partial charge in [0.05, 0.1) is 6.07 Å². The SMILES string of the molecule is CCNC(C)(C#N)CCCN(CC)C(C)C. The van der Waals surface area contributed by atoms with E-state index in [2.05, 4.69) is 37.1 Å². The Bertz CT molecular complexity index is 220. The molecule has 0 bridgehead atoms. The molecule has 0 spiro atoms. The molecule has 0 aliphatic rings. The zero-order valence-electron chi connectivity index (χ0n) is 11.5. The molecule has 0 rings (SSSR count). The van der Waals surface area contributed by atoms with Crippen LogP contribution in [-0.2, 0) is 0 Å². The molecule has 1 atom stereocenters. The fourth-order valence-electron chi connectivity index (χ4n) is 1.99. The normalized spacial score (nSPS) is 15.1. The maximum atomic E-state index is 9.12. The third kappa shape index (κ3) is 5.48. The van der Waals surface area contributed by atoms with Gasteiger partial charge in [0.15, 0.2) is 0 Å². The molecule has 0 amide bonds. The smallest absolute Gasteiger partial charge is 0.103 e. The fraction of sp³-hybridized carbons (Fsp3) is 0.923. The summed E-state index contributed by atoms with van der Waals surface area (Å²) in [5.74, 6) is 0. The Morgan fingerprint density at radius 1 is 1.38 bits per heavy atom. The highest BCUT2D eigenvalue weighted by Crippen LogP contribution is 2.12. The quantitative estimate of drug-likeness (QED) is 0.689. The standard InChI is InChI=1S/C13H27N3/c1-6-15-13(5,11-14)9-8-10-16(7-2)12(3)4/h12,15H,6-10H2,1-5H3. The van der Waals surface area contributed by atoms with E-state index in [1.807, 2.05) is 13.8 Å². The minimum atomic E-state index is -0.356. The van der Waals surface area contributed by atoms with Crippen LogP contribution in [0.3, 0.4) is 0 Å². The second-order valence-electron chi connectivity index (χ2n) is 4.80. The molecule has 3 nitrogen and oxygen atoms in total. The molecule has 16 heavy (non-hydrogen) atoms. The molecule has 0 aromatic rings.